The molecule has 4 heteroatoms. The second-order valence-electron chi connectivity index (χ2n) is 5.96. The highest BCUT2D eigenvalue weighted by Crippen LogP contribution is 2.26. The fourth-order valence-corrected chi connectivity index (χ4v) is 2.75. The molecular weight excluding hydrogens is 298 g/mol. The van der Waals surface area contributed by atoms with Crippen molar-refractivity contribution in [2.45, 2.75) is 52.6 Å². The van der Waals surface area contributed by atoms with Gasteiger partial charge in [-0.2, -0.15) is 0 Å². The normalized spacial score (nSPS) is 15.9. The molecule has 0 radical (unpaired) electrons. The molecule has 1 aromatic carbocycles. The molecule has 0 saturated carbocycles. The monoisotopic (exact) mass is 321 g/mol. The van der Waals surface area contributed by atoms with Crippen LogP contribution in [0.5, 0.6) is 5.75 Å². The summed E-state index contributed by atoms with van der Waals surface area (Å²) in [6.07, 6.45) is 6.40. The van der Waals surface area contributed by atoms with Gasteiger partial charge in [0.05, 0.1) is 0 Å². The van der Waals surface area contributed by atoms with Gasteiger partial charge >= 0.3 is 0 Å². The third kappa shape index (κ3) is 4.51. The highest BCUT2D eigenvalue weighted by Gasteiger charge is 2.16. The van der Waals surface area contributed by atoms with Crippen LogP contribution in [0.3, 0.4) is 0 Å². The van der Waals surface area contributed by atoms with Gasteiger partial charge in [-0.15, -0.1) is 0 Å². The zero-order valence-electron chi connectivity index (χ0n) is 13.5. The van der Waals surface area contributed by atoms with Crippen LogP contribution in [-0.4, -0.2) is 18.6 Å². The quantitative estimate of drug-likeness (QED) is 0.819. The summed E-state index contributed by atoms with van der Waals surface area (Å²) in [5.74, 6) is 0.593. The molecule has 1 N–H and O–H groups in total. The van der Waals surface area contributed by atoms with Gasteiger partial charge in [0.25, 0.3) is 5.91 Å². The molecule has 0 aromatic heterocycles. The standard InChI is InChI=1S/C18H24ClNO2/c1-12-9-16(10-13(2)17(12)19)22-14(3)18(21)20-11-15-7-5-4-6-8-15/h7,9-10,14H,4-6,8,11H2,1-3H3,(H,20,21). The number of carbonyl (C=O) groups is 1. The first kappa shape index (κ1) is 16.9. The molecule has 22 heavy (non-hydrogen) atoms. The predicted molar refractivity (Wildman–Crippen MR) is 90.6 cm³/mol. The first-order valence-corrected chi connectivity index (χ1v) is 8.24. The van der Waals surface area contributed by atoms with E-state index in [1.165, 1.54) is 18.4 Å². The Bertz CT molecular complexity index is 557. The van der Waals surface area contributed by atoms with Crippen LogP contribution in [0.25, 0.3) is 0 Å². The second kappa shape index (κ2) is 7.68. The number of rotatable bonds is 5. The van der Waals surface area contributed by atoms with Crippen LogP contribution in [0.15, 0.2) is 23.8 Å². The number of nitrogens with one attached hydrogen (secondary N) is 1. The summed E-state index contributed by atoms with van der Waals surface area (Å²) in [5.41, 5.74) is 3.23. The first-order chi connectivity index (χ1) is 10.5. The van der Waals surface area contributed by atoms with Gasteiger partial charge in [-0.25, -0.2) is 0 Å². The first-order valence-electron chi connectivity index (χ1n) is 7.86. The Hall–Kier alpha value is -1.48. The number of aryl methyl sites for hydroxylation is 2. The minimum absolute atomic E-state index is 0.0864. The Balaban J connectivity index is 1.89. The van der Waals surface area contributed by atoms with Crippen molar-refractivity contribution in [1.29, 1.82) is 0 Å². The van der Waals surface area contributed by atoms with Gasteiger partial charge in [0.1, 0.15) is 5.75 Å². The summed E-state index contributed by atoms with van der Waals surface area (Å²) in [4.78, 5) is 12.1. The maximum Gasteiger partial charge on any atom is 0.261 e. The molecule has 0 aliphatic heterocycles. The molecule has 2 rings (SSSR count). The molecule has 1 aromatic rings. The van der Waals surface area contributed by atoms with Crippen molar-refractivity contribution in [2.75, 3.05) is 6.54 Å². The van der Waals surface area contributed by atoms with Crippen molar-refractivity contribution in [3.05, 3.63) is 39.9 Å². The number of halogens is 1. The van der Waals surface area contributed by atoms with Crippen LogP contribution in [0.2, 0.25) is 5.02 Å². The van der Waals surface area contributed by atoms with E-state index in [2.05, 4.69) is 11.4 Å². The summed E-state index contributed by atoms with van der Waals surface area (Å²) in [7, 11) is 0. The number of benzene rings is 1. The zero-order valence-corrected chi connectivity index (χ0v) is 14.3. The van der Waals surface area contributed by atoms with E-state index >= 15 is 0 Å². The van der Waals surface area contributed by atoms with Crippen LogP contribution in [0, 0.1) is 13.8 Å². The molecule has 1 aliphatic carbocycles. The molecule has 0 saturated heterocycles. The highest BCUT2D eigenvalue weighted by atomic mass is 35.5. The topological polar surface area (TPSA) is 38.3 Å². The average molecular weight is 322 g/mol. The third-order valence-corrected chi connectivity index (χ3v) is 4.56. The minimum Gasteiger partial charge on any atom is -0.481 e. The molecule has 1 atom stereocenters. The van der Waals surface area contributed by atoms with E-state index in [0.29, 0.717) is 12.3 Å². The summed E-state index contributed by atoms with van der Waals surface area (Å²) < 4.78 is 5.74. The molecule has 3 nitrogen and oxygen atoms in total. The third-order valence-electron chi connectivity index (χ3n) is 3.97. The molecule has 0 fully saturated rings. The summed E-state index contributed by atoms with van der Waals surface area (Å²) in [6.45, 7) is 6.26. The van der Waals surface area contributed by atoms with Crippen molar-refractivity contribution in [3.63, 3.8) is 0 Å². The maximum absolute atomic E-state index is 12.1. The zero-order chi connectivity index (χ0) is 16.1. The Kier molecular flexibility index (Phi) is 5.90. The Labute approximate surface area is 137 Å². The smallest absolute Gasteiger partial charge is 0.261 e. The molecule has 1 amide bonds. The Morgan fingerprint density at radius 3 is 2.59 bits per heavy atom. The number of amides is 1. The lowest BCUT2D eigenvalue weighted by atomic mass is 10.00. The van der Waals surface area contributed by atoms with Crippen LogP contribution < -0.4 is 10.1 Å². The lowest BCUT2D eigenvalue weighted by molar-refractivity contribution is -0.127. The summed E-state index contributed by atoms with van der Waals surface area (Å²) in [5, 5.41) is 3.70. The number of hydrogen-bond donors (Lipinski definition) is 1. The molecule has 1 unspecified atom stereocenters. The lowest BCUT2D eigenvalue weighted by Crippen LogP contribution is -2.37. The number of hydrogen-bond acceptors (Lipinski definition) is 2. The van der Waals surface area contributed by atoms with E-state index in [9.17, 15) is 4.79 Å². The van der Waals surface area contributed by atoms with Gasteiger partial charge in [0.2, 0.25) is 0 Å². The van der Waals surface area contributed by atoms with Gasteiger partial charge in [0.15, 0.2) is 6.10 Å². The van der Waals surface area contributed by atoms with Crippen molar-refractivity contribution in [2.24, 2.45) is 0 Å². The highest BCUT2D eigenvalue weighted by molar-refractivity contribution is 6.32. The fraction of sp³-hybridized carbons (Fsp3) is 0.500. The number of ether oxygens (including phenoxy) is 1. The summed E-state index contributed by atoms with van der Waals surface area (Å²) >= 11 is 6.14. The van der Waals surface area contributed by atoms with E-state index in [0.717, 1.165) is 29.0 Å². The van der Waals surface area contributed by atoms with E-state index in [1.54, 1.807) is 6.92 Å². The number of carbonyl (C=O) groups excluding carboxylic acids is 1. The molecule has 0 bridgehead atoms. The van der Waals surface area contributed by atoms with Crippen molar-refractivity contribution >= 4 is 17.5 Å². The van der Waals surface area contributed by atoms with Gasteiger partial charge < -0.3 is 10.1 Å². The molecule has 0 heterocycles. The second-order valence-corrected chi connectivity index (χ2v) is 6.34. The Morgan fingerprint density at radius 2 is 2.00 bits per heavy atom. The average Bonchev–Trinajstić information content (AvgIpc) is 2.51. The van der Waals surface area contributed by atoms with Crippen LogP contribution >= 0.6 is 11.6 Å². The summed E-state index contributed by atoms with van der Waals surface area (Å²) in [6, 6.07) is 3.73. The largest absolute Gasteiger partial charge is 0.481 e. The van der Waals surface area contributed by atoms with E-state index in [4.69, 9.17) is 16.3 Å². The van der Waals surface area contributed by atoms with Gasteiger partial charge in [-0.05, 0) is 69.7 Å². The minimum atomic E-state index is -0.524. The lowest BCUT2D eigenvalue weighted by Gasteiger charge is -2.18. The van der Waals surface area contributed by atoms with Crippen molar-refractivity contribution < 1.29 is 9.53 Å². The van der Waals surface area contributed by atoms with Crippen molar-refractivity contribution in [1.82, 2.24) is 5.32 Å². The van der Waals surface area contributed by atoms with Crippen LogP contribution in [-0.2, 0) is 4.79 Å². The van der Waals surface area contributed by atoms with Gasteiger partial charge in [-0.3, -0.25) is 4.79 Å². The molecule has 0 spiro atoms. The van der Waals surface area contributed by atoms with E-state index in [-0.39, 0.29) is 5.91 Å². The van der Waals surface area contributed by atoms with Crippen LogP contribution in [0.1, 0.15) is 43.7 Å². The SMILES string of the molecule is Cc1cc(OC(C)C(=O)NCC2=CCCCC2)cc(C)c1Cl. The van der Waals surface area contributed by atoms with Gasteiger partial charge in [0, 0.05) is 11.6 Å². The fourth-order valence-electron chi connectivity index (χ4n) is 2.64. The van der Waals surface area contributed by atoms with E-state index in [1.807, 2.05) is 26.0 Å². The maximum atomic E-state index is 12.1. The number of allylic oxidation sites excluding steroid dienone is 1. The predicted octanol–water partition coefficient (Wildman–Crippen LogP) is 4.34. The van der Waals surface area contributed by atoms with Gasteiger partial charge in [-0.1, -0.05) is 23.3 Å². The molecule has 120 valence electrons. The molecule has 1 aliphatic rings. The van der Waals surface area contributed by atoms with Crippen LogP contribution in [0.4, 0.5) is 0 Å². The van der Waals surface area contributed by atoms with E-state index < -0.39 is 6.10 Å². The Morgan fingerprint density at radius 1 is 1.32 bits per heavy atom. The van der Waals surface area contributed by atoms with Crippen molar-refractivity contribution in [3.8, 4) is 5.75 Å². The molecular formula is C18H24ClNO2.